The van der Waals surface area contributed by atoms with Crippen molar-refractivity contribution in [3.8, 4) is 0 Å². The van der Waals surface area contributed by atoms with Gasteiger partial charge in [-0.3, -0.25) is 4.79 Å². The quantitative estimate of drug-likeness (QED) is 0.477. The van der Waals surface area contributed by atoms with E-state index in [1.165, 1.54) is 0 Å². The second-order valence-corrected chi connectivity index (χ2v) is 2.59. The van der Waals surface area contributed by atoms with E-state index in [9.17, 15) is 4.79 Å². The van der Waals surface area contributed by atoms with Crippen LogP contribution in [-0.4, -0.2) is 25.2 Å². The van der Waals surface area contributed by atoms with Gasteiger partial charge in [-0.25, -0.2) is 0 Å². The molecule has 2 unspecified atom stereocenters. The molecule has 1 N–H and O–H groups in total. The highest BCUT2D eigenvalue weighted by Crippen LogP contribution is 2.23. The third kappa shape index (κ3) is 0.645. The van der Waals surface area contributed by atoms with Crippen molar-refractivity contribution in [2.75, 3.05) is 13.2 Å². The first-order valence-electron chi connectivity index (χ1n) is 3.27. The second-order valence-electron chi connectivity index (χ2n) is 2.59. The summed E-state index contributed by atoms with van der Waals surface area (Å²) in [6, 6.07) is 0. The van der Waals surface area contributed by atoms with Gasteiger partial charge in [0.25, 0.3) is 0 Å². The molecule has 0 radical (unpaired) electrons. The molecule has 1 amide bonds. The van der Waals surface area contributed by atoms with Gasteiger partial charge in [-0.1, -0.05) is 0 Å². The number of hydrogen-bond acceptors (Lipinski definition) is 2. The molecule has 2 rings (SSSR count). The zero-order valence-electron chi connectivity index (χ0n) is 5.09. The van der Waals surface area contributed by atoms with Crippen molar-refractivity contribution in [1.82, 2.24) is 5.32 Å². The van der Waals surface area contributed by atoms with E-state index in [-0.39, 0.29) is 12.0 Å². The molecule has 0 spiro atoms. The van der Waals surface area contributed by atoms with Gasteiger partial charge in [0.15, 0.2) is 0 Å². The molecule has 3 heteroatoms. The molecule has 2 aliphatic rings. The maximum Gasteiger partial charge on any atom is 0.249 e. The van der Waals surface area contributed by atoms with Crippen molar-refractivity contribution in [3.05, 3.63) is 0 Å². The minimum atomic E-state index is -0.106. The SMILES string of the molecule is O=C1NCC2CCOC12. The van der Waals surface area contributed by atoms with Crippen LogP contribution in [0.15, 0.2) is 0 Å². The normalized spacial score (nSPS) is 40.7. The summed E-state index contributed by atoms with van der Waals surface area (Å²) < 4.78 is 5.18. The lowest BCUT2D eigenvalue weighted by Crippen LogP contribution is -2.24. The average Bonchev–Trinajstić information content (AvgIpc) is 2.35. The molecular weight excluding hydrogens is 118 g/mol. The lowest BCUT2D eigenvalue weighted by molar-refractivity contribution is -0.127. The molecule has 0 saturated carbocycles. The van der Waals surface area contributed by atoms with Crippen LogP contribution in [-0.2, 0) is 9.53 Å². The highest BCUT2D eigenvalue weighted by Gasteiger charge is 2.39. The van der Waals surface area contributed by atoms with Gasteiger partial charge in [0.05, 0.1) is 0 Å². The van der Waals surface area contributed by atoms with Gasteiger partial charge >= 0.3 is 0 Å². The lowest BCUT2D eigenvalue weighted by Gasteiger charge is -2.00. The molecule has 2 saturated heterocycles. The first-order chi connectivity index (χ1) is 4.38. The maximum absolute atomic E-state index is 10.8. The van der Waals surface area contributed by atoms with Crippen LogP contribution in [0.1, 0.15) is 6.42 Å². The van der Waals surface area contributed by atoms with E-state index in [4.69, 9.17) is 4.74 Å². The minimum Gasteiger partial charge on any atom is -0.368 e. The molecule has 3 nitrogen and oxygen atoms in total. The maximum atomic E-state index is 10.8. The zero-order valence-corrected chi connectivity index (χ0v) is 5.09. The van der Waals surface area contributed by atoms with Crippen molar-refractivity contribution in [2.24, 2.45) is 5.92 Å². The van der Waals surface area contributed by atoms with Gasteiger partial charge in [-0.2, -0.15) is 0 Å². The minimum absolute atomic E-state index is 0.0810. The number of hydrogen-bond donors (Lipinski definition) is 1. The smallest absolute Gasteiger partial charge is 0.249 e. The Balaban J connectivity index is 2.15. The number of fused-ring (bicyclic) bond motifs is 1. The van der Waals surface area contributed by atoms with Gasteiger partial charge in [-0.15, -0.1) is 0 Å². The van der Waals surface area contributed by atoms with E-state index < -0.39 is 0 Å². The number of carbonyl (C=O) groups excluding carboxylic acids is 1. The van der Waals surface area contributed by atoms with E-state index in [1.54, 1.807) is 0 Å². The third-order valence-electron chi connectivity index (χ3n) is 2.01. The van der Waals surface area contributed by atoms with E-state index in [0.29, 0.717) is 5.92 Å². The van der Waals surface area contributed by atoms with Crippen molar-refractivity contribution < 1.29 is 9.53 Å². The van der Waals surface area contributed by atoms with E-state index in [2.05, 4.69) is 5.32 Å². The lowest BCUT2D eigenvalue weighted by atomic mass is 10.1. The predicted molar refractivity (Wildman–Crippen MR) is 30.9 cm³/mol. The number of amides is 1. The highest BCUT2D eigenvalue weighted by atomic mass is 16.5. The predicted octanol–water partition coefficient (Wildman–Crippen LogP) is -0.479. The second kappa shape index (κ2) is 1.70. The number of nitrogens with one attached hydrogen (secondary N) is 1. The van der Waals surface area contributed by atoms with Crippen LogP contribution >= 0.6 is 0 Å². The van der Waals surface area contributed by atoms with Crippen molar-refractivity contribution >= 4 is 5.91 Å². The molecule has 0 aromatic carbocycles. The summed E-state index contributed by atoms with van der Waals surface area (Å²) in [6.07, 6.45) is 0.939. The number of ether oxygens (including phenoxy) is 1. The van der Waals surface area contributed by atoms with Gasteiger partial charge in [0, 0.05) is 19.1 Å². The summed E-state index contributed by atoms with van der Waals surface area (Å²) in [5.74, 6) is 0.551. The standard InChI is InChI=1S/C6H9NO2/c8-6-5-4(3-7-6)1-2-9-5/h4-5H,1-3H2,(H,7,8). The van der Waals surface area contributed by atoms with Crippen molar-refractivity contribution in [2.45, 2.75) is 12.5 Å². The third-order valence-corrected chi connectivity index (χ3v) is 2.01. The Morgan fingerprint density at radius 1 is 1.67 bits per heavy atom. The summed E-state index contributed by atoms with van der Waals surface area (Å²) in [5, 5.41) is 2.76. The average molecular weight is 127 g/mol. The molecule has 2 atom stereocenters. The van der Waals surface area contributed by atoms with Crippen LogP contribution < -0.4 is 5.32 Å². The van der Waals surface area contributed by atoms with Crippen LogP contribution in [0.5, 0.6) is 0 Å². The Bertz CT molecular complexity index is 146. The monoisotopic (exact) mass is 127 g/mol. The summed E-state index contributed by atoms with van der Waals surface area (Å²) in [4.78, 5) is 10.8. The Hall–Kier alpha value is -0.570. The molecule has 0 bridgehead atoms. The van der Waals surface area contributed by atoms with Crippen molar-refractivity contribution in [1.29, 1.82) is 0 Å². The molecule has 9 heavy (non-hydrogen) atoms. The van der Waals surface area contributed by atoms with Crippen LogP contribution in [0.2, 0.25) is 0 Å². The molecule has 2 fully saturated rings. The van der Waals surface area contributed by atoms with E-state index in [1.807, 2.05) is 0 Å². The summed E-state index contributed by atoms with van der Waals surface area (Å²) in [7, 11) is 0. The van der Waals surface area contributed by atoms with E-state index in [0.717, 1.165) is 19.6 Å². The Morgan fingerprint density at radius 2 is 2.56 bits per heavy atom. The fraction of sp³-hybridized carbons (Fsp3) is 0.833. The largest absolute Gasteiger partial charge is 0.368 e. The molecule has 50 valence electrons. The molecule has 2 aliphatic heterocycles. The Kier molecular flexibility index (Phi) is 0.990. The van der Waals surface area contributed by atoms with Gasteiger partial charge < -0.3 is 10.1 Å². The van der Waals surface area contributed by atoms with Crippen LogP contribution in [0.25, 0.3) is 0 Å². The molecule has 0 aliphatic carbocycles. The summed E-state index contributed by atoms with van der Waals surface area (Å²) in [5.41, 5.74) is 0. The molecule has 2 heterocycles. The summed E-state index contributed by atoms with van der Waals surface area (Å²) >= 11 is 0. The van der Waals surface area contributed by atoms with E-state index >= 15 is 0 Å². The molecular formula is C6H9NO2. The topological polar surface area (TPSA) is 38.3 Å². The molecule has 0 aromatic rings. The first kappa shape index (κ1) is 5.23. The zero-order chi connectivity index (χ0) is 6.27. The fourth-order valence-electron chi connectivity index (χ4n) is 1.46. The Labute approximate surface area is 53.4 Å². The van der Waals surface area contributed by atoms with Crippen molar-refractivity contribution in [3.63, 3.8) is 0 Å². The number of rotatable bonds is 0. The van der Waals surface area contributed by atoms with Gasteiger partial charge in [-0.05, 0) is 6.42 Å². The Morgan fingerprint density at radius 3 is 3.33 bits per heavy atom. The van der Waals surface area contributed by atoms with Gasteiger partial charge in [0.2, 0.25) is 5.91 Å². The van der Waals surface area contributed by atoms with Crippen LogP contribution in [0.4, 0.5) is 0 Å². The van der Waals surface area contributed by atoms with Crippen LogP contribution in [0, 0.1) is 5.92 Å². The molecule has 0 aromatic heterocycles. The first-order valence-corrected chi connectivity index (χ1v) is 3.27. The highest BCUT2D eigenvalue weighted by molar-refractivity contribution is 5.83. The van der Waals surface area contributed by atoms with Gasteiger partial charge in [0.1, 0.15) is 6.10 Å². The van der Waals surface area contributed by atoms with Crippen LogP contribution in [0.3, 0.4) is 0 Å². The summed E-state index contributed by atoms with van der Waals surface area (Å²) in [6.45, 7) is 1.59. The number of carbonyl (C=O) groups is 1. The fourth-order valence-corrected chi connectivity index (χ4v) is 1.46.